The molecule has 0 aliphatic carbocycles. The number of nitrogens with zero attached hydrogens (tertiary/aromatic N) is 1. The first-order chi connectivity index (χ1) is 10.2. The van der Waals surface area contributed by atoms with E-state index in [9.17, 15) is 4.79 Å². The second kappa shape index (κ2) is 5.61. The third-order valence-corrected chi connectivity index (χ3v) is 3.35. The fourth-order valence-corrected chi connectivity index (χ4v) is 2.42. The summed E-state index contributed by atoms with van der Waals surface area (Å²) in [6, 6.07) is 5.35. The van der Waals surface area contributed by atoms with Gasteiger partial charge in [-0.3, -0.25) is 4.79 Å². The maximum absolute atomic E-state index is 11.0. The van der Waals surface area contributed by atoms with Crippen molar-refractivity contribution in [2.45, 2.75) is 32.2 Å². The van der Waals surface area contributed by atoms with E-state index in [1.54, 1.807) is 18.2 Å². The van der Waals surface area contributed by atoms with Gasteiger partial charge in [0.05, 0.1) is 5.71 Å². The number of benzene rings is 1. The van der Waals surface area contributed by atoms with E-state index in [4.69, 9.17) is 24.2 Å². The molecular formula is C14H15NO6. The van der Waals surface area contributed by atoms with Crippen LogP contribution in [0.4, 0.5) is 0 Å². The lowest BCUT2D eigenvalue weighted by atomic mass is 9.98. The normalized spacial score (nSPS) is 25.9. The third kappa shape index (κ3) is 2.78. The van der Waals surface area contributed by atoms with Crippen molar-refractivity contribution >= 4 is 11.7 Å². The molecule has 7 heteroatoms. The predicted octanol–water partition coefficient (Wildman–Crippen LogP) is 1.99. The Morgan fingerprint density at radius 2 is 2.19 bits per heavy atom. The lowest BCUT2D eigenvalue weighted by Gasteiger charge is -2.30. The van der Waals surface area contributed by atoms with E-state index in [-0.39, 0.29) is 6.79 Å². The van der Waals surface area contributed by atoms with Gasteiger partial charge in [0.1, 0.15) is 6.10 Å². The quantitative estimate of drug-likeness (QED) is 0.510. The Morgan fingerprint density at radius 3 is 2.95 bits per heavy atom. The Morgan fingerprint density at radius 1 is 1.38 bits per heavy atom. The largest absolute Gasteiger partial charge is 0.454 e. The molecule has 2 aliphatic rings. The minimum Gasteiger partial charge on any atom is -0.454 e. The molecule has 1 aromatic rings. The molecule has 0 bridgehead atoms. The van der Waals surface area contributed by atoms with Gasteiger partial charge in [-0.05, 0) is 24.1 Å². The Kier molecular flexibility index (Phi) is 3.66. The van der Waals surface area contributed by atoms with Crippen LogP contribution in [0.25, 0.3) is 0 Å². The molecule has 2 atom stereocenters. The monoisotopic (exact) mass is 293 g/mol. The van der Waals surface area contributed by atoms with Crippen molar-refractivity contribution < 1.29 is 28.9 Å². The van der Waals surface area contributed by atoms with Crippen LogP contribution in [-0.4, -0.2) is 30.0 Å². The summed E-state index contributed by atoms with van der Waals surface area (Å²) in [7, 11) is 0. The van der Waals surface area contributed by atoms with Gasteiger partial charge in [-0.15, -0.1) is 0 Å². The molecule has 1 N–H and O–H groups in total. The highest BCUT2D eigenvalue weighted by Gasteiger charge is 2.32. The van der Waals surface area contributed by atoms with Gasteiger partial charge in [-0.2, -0.15) is 0 Å². The van der Waals surface area contributed by atoms with Crippen molar-refractivity contribution in [2.24, 2.45) is 5.16 Å². The van der Waals surface area contributed by atoms with Crippen LogP contribution in [0.2, 0.25) is 0 Å². The van der Waals surface area contributed by atoms with Gasteiger partial charge in [0.25, 0.3) is 0 Å². The molecule has 1 fully saturated rings. The maximum atomic E-state index is 11.0. The van der Waals surface area contributed by atoms with Gasteiger partial charge in [0, 0.05) is 13.3 Å². The number of esters is 1. The molecule has 7 nitrogen and oxygen atoms in total. The smallest absolute Gasteiger partial charge is 0.304 e. The first-order valence-corrected chi connectivity index (χ1v) is 6.60. The number of carbonyl (C=O) groups is 1. The standard InChI is InChI=1S/C14H15NO6/c1-8(16)20-13-5-3-10(15-17)14(21-13)9-2-4-11-12(6-9)19-7-18-11/h2,4,6,13-14,17H,3,5,7H2,1H3/b15-10-. The van der Waals surface area contributed by atoms with Crippen molar-refractivity contribution in [3.8, 4) is 11.5 Å². The van der Waals surface area contributed by atoms with Crippen molar-refractivity contribution in [1.29, 1.82) is 0 Å². The van der Waals surface area contributed by atoms with E-state index in [0.717, 1.165) is 5.56 Å². The van der Waals surface area contributed by atoms with Crippen LogP contribution < -0.4 is 9.47 Å². The van der Waals surface area contributed by atoms with E-state index < -0.39 is 18.4 Å². The second-order valence-corrected chi connectivity index (χ2v) is 4.80. The van der Waals surface area contributed by atoms with Gasteiger partial charge in [-0.1, -0.05) is 11.2 Å². The molecule has 1 aromatic carbocycles. The molecule has 1 saturated heterocycles. The third-order valence-electron chi connectivity index (χ3n) is 3.35. The molecule has 0 radical (unpaired) electrons. The molecule has 112 valence electrons. The van der Waals surface area contributed by atoms with Gasteiger partial charge < -0.3 is 24.2 Å². The zero-order chi connectivity index (χ0) is 14.8. The van der Waals surface area contributed by atoms with Gasteiger partial charge in [0.15, 0.2) is 11.5 Å². The van der Waals surface area contributed by atoms with Crippen molar-refractivity contribution in [3.05, 3.63) is 23.8 Å². The predicted molar refractivity (Wildman–Crippen MR) is 70.4 cm³/mol. The van der Waals surface area contributed by atoms with Crippen LogP contribution in [-0.2, 0) is 14.3 Å². The summed E-state index contributed by atoms with van der Waals surface area (Å²) < 4.78 is 21.4. The fourth-order valence-electron chi connectivity index (χ4n) is 2.42. The van der Waals surface area contributed by atoms with Crippen LogP contribution in [0.3, 0.4) is 0 Å². The topological polar surface area (TPSA) is 86.6 Å². The average molecular weight is 293 g/mol. The highest BCUT2D eigenvalue weighted by atomic mass is 16.7. The Labute approximate surface area is 121 Å². The van der Waals surface area contributed by atoms with Crippen LogP contribution in [0.1, 0.15) is 31.4 Å². The van der Waals surface area contributed by atoms with E-state index >= 15 is 0 Å². The van der Waals surface area contributed by atoms with Crippen LogP contribution in [0.5, 0.6) is 11.5 Å². The molecule has 0 saturated carbocycles. The number of ether oxygens (including phenoxy) is 4. The molecule has 0 amide bonds. The number of fused-ring (bicyclic) bond motifs is 1. The molecule has 21 heavy (non-hydrogen) atoms. The second-order valence-electron chi connectivity index (χ2n) is 4.80. The number of hydrogen-bond donors (Lipinski definition) is 1. The lowest BCUT2D eigenvalue weighted by molar-refractivity contribution is -0.187. The number of oxime groups is 1. The summed E-state index contributed by atoms with van der Waals surface area (Å²) in [6.07, 6.45) is -0.292. The Bertz CT molecular complexity index is 585. The molecule has 2 unspecified atom stereocenters. The Balaban J connectivity index is 1.84. The van der Waals surface area contributed by atoms with E-state index in [2.05, 4.69) is 5.16 Å². The highest BCUT2D eigenvalue weighted by molar-refractivity contribution is 5.90. The van der Waals surface area contributed by atoms with Crippen molar-refractivity contribution in [3.63, 3.8) is 0 Å². The molecular weight excluding hydrogens is 278 g/mol. The van der Waals surface area contributed by atoms with E-state index in [0.29, 0.717) is 30.1 Å². The van der Waals surface area contributed by atoms with Gasteiger partial charge in [-0.25, -0.2) is 0 Å². The highest BCUT2D eigenvalue weighted by Crippen LogP contribution is 2.37. The first kappa shape index (κ1) is 13.7. The molecule has 2 aliphatic heterocycles. The number of carbonyl (C=O) groups excluding carboxylic acids is 1. The number of rotatable bonds is 2. The lowest BCUT2D eigenvalue weighted by Crippen LogP contribution is -2.32. The van der Waals surface area contributed by atoms with Crippen molar-refractivity contribution in [2.75, 3.05) is 6.79 Å². The zero-order valence-corrected chi connectivity index (χ0v) is 11.4. The maximum Gasteiger partial charge on any atom is 0.304 e. The summed E-state index contributed by atoms with van der Waals surface area (Å²) in [6.45, 7) is 1.51. The van der Waals surface area contributed by atoms with E-state index in [1.807, 2.05) is 0 Å². The number of hydrogen-bond acceptors (Lipinski definition) is 7. The summed E-state index contributed by atoms with van der Waals surface area (Å²) >= 11 is 0. The van der Waals surface area contributed by atoms with Crippen molar-refractivity contribution in [1.82, 2.24) is 0 Å². The van der Waals surface area contributed by atoms with Crippen LogP contribution >= 0.6 is 0 Å². The summed E-state index contributed by atoms with van der Waals surface area (Å²) in [5.41, 5.74) is 1.24. The van der Waals surface area contributed by atoms with E-state index in [1.165, 1.54) is 6.92 Å². The average Bonchev–Trinajstić information content (AvgIpc) is 2.94. The summed E-state index contributed by atoms with van der Waals surface area (Å²) in [5.74, 6) is 0.866. The SMILES string of the molecule is CC(=O)OC1CC/C(=N/O)C(c2ccc3c(c2)OCO3)O1. The zero-order valence-electron chi connectivity index (χ0n) is 11.4. The molecule has 0 spiro atoms. The molecule has 0 aromatic heterocycles. The summed E-state index contributed by atoms with van der Waals surface area (Å²) in [5, 5.41) is 12.4. The summed E-state index contributed by atoms with van der Waals surface area (Å²) in [4.78, 5) is 11.0. The fraction of sp³-hybridized carbons (Fsp3) is 0.429. The van der Waals surface area contributed by atoms with Crippen LogP contribution in [0.15, 0.2) is 23.4 Å². The molecule has 3 rings (SSSR count). The Hall–Kier alpha value is -2.28. The molecule has 2 heterocycles. The van der Waals surface area contributed by atoms with Crippen LogP contribution in [0, 0.1) is 0 Å². The minimum absolute atomic E-state index is 0.182. The van der Waals surface area contributed by atoms with Gasteiger partial charge >= 0.3 is 5.97 Å². The van der Waals surface area contributed by atoms with Gasteiger partial charge in [0.2, 0.25) is 13.1 Å². The first-order valence-electron chi connectivity index (χ1n) is 6.60. The minimum atomic E-state index is -0.650.